The molecule has 4 amide bonds. The Morgan fingerprint density at radius 1 is 1.04 bits per heavy atom. The molecule has 0 bridgehead atoms. The average Bonchev–Trinajstić information content (AvgIpc) is 4.03. The Morgan fingerprint density at radius 3 is 2.38 bits per heavy atom. The average molecular weight is 989 g/mol. The molecule has 7 rings (SSSR count). The predicted molar refractivity (Wildman–Crippen MR) is 250 cm³/mol. The molecule has 68 heavy (non-hydrogen) atoms. The summed E-state index contributed by atoms with van der Waals surface area (Å²) in [6, 6.07) is 2.57. The number of hydrogen-bond donors (Lipinski definition) is 3. The van der Waals surface area contributed by atoms with Gasteiger partial charge in [-0.3, -0.25) is 19.1 Å². The van der Waals surface area contributed by atoms with Crippen molar-refractivity contribution >= 4 is 55.9 Å². The highest BCUT2D eigenvalue weighted by Gasteiger charge is 2.63. The van der Waals surface area contributed by atoms with Crippen LogP contribution >= 0.6 is 11.3 Å². The minimum absolute atomic E-state index is 0.00162. The van der Waals surface area contributed by atoms with Crippen LogP contribution < -0.4 is 24.8 Å². The number of amides is 4. The van der Waals surface area contributed by atoms with Crippen LogP contribution in [0.5, 0.6) is 11.6 Å². The lowest BCUT2D eigenvalue weighted by Crippen LogP contribution is -2.60. The fourth-order valence-corrected chi connectivity index (χ4v) is 11.4. The molecule has 20 heteroatoms. The van der Waals surface area contributed by atoms with Gasteiger partial charge in [0.2, 0.25) is 33.3 Å². The summed E-state index contributed by atoms with van der Waals surface area (Å²) >= 11 is 1.47. The van der Waals surface area contributed by atoms with E-state index in [-0.39, 0.29) is 36.6 Å². The maximum Gasteiger partial charge on any atom is 0.427 e. The van der Waals surface area contributed by atoms with Gasteiger partial charge in [0.05, 0.1) is 24.1 Å². The van der Waals surface area contributed by atoms with Crippen LogP contribution in [0.25, 0.3) is 21.3 Å². The Bertz CT molecular complexity index is 2570. The first-order chi connectivity index (χ1) is 31.8. The van der Waals surface area contributed by atoms with Crippen molar-refractivity contribution in [2.75, 3.05) is 13.7 Å². The van der Waals surface area contributed by atoms with Crippen LogP contribution in [0.2, 0.25) is 0 Å². The van der Waals surface area contributed by atoms with E-state index in [0.717, 1.165) is 16.3 Å². The highest BCUT2D eigenvalue weighted by Crippen LogP contribution is 2.48. The van der Waals surface area contributed by atoms with E-state index in [4.69, 9.17) is 24.2 Å². The first kappa shape index (κ1) is 50.9. The van der Waals surface area contributed by atoms with Gasteiger partial charge < -0.3 is 29.7 Å². The summed E-state index contributed by atoms with van der Waals surface area (Å²) in [6.45, 7) is 12.7. The maximum atomic E-state index is 15.2. The zero-order valence-electron chi connectivity index (χ0n) is 40.0. The molecule has 0 radical (unpaired) electrons. The van der Waals surface area contributed by atoms with Crippen LogP contribution in [-0.4, -0.2) is 101 Å². The van der Waals surface area contributed by atoms with Gasteiger partial charge in [0.25, 0.3) is 5.91 Å². The number of aromatic nitrogens is 2. The van der Waals surface area contributed by atoms with Gasteiger partial charge in [-0.15, -0.1) is 11.3 Å². The third-order valence-electron chi connectivity index (χ3n) is 14.2. The number of rotatable bonds is 11. The molecule has 4 aliphatic rings. The van der Waals surface area contributed by atoms with Crippen molar-refractivity contribution in [2.45, 2.75) is 159 Å². The summed E-state index contributed by atoms with van der Waals surface area (Å²) in [5.74, 6) is -2.87. The molecule has 2 saturated carbocycles. The van der Waals surface area contributed by atoms with Crippen LogP contribution in [-0.2, 0) is 34.6 Å². The van der Waals surface area contributed by atoms with Crippen molar-refractivity contribution in [3.63, 3.8) is 0 Å². The van der Waals surface area contributed by atoms with E-state index >= 15 is 4.79 Å². The smallest absolute Gasteiger partial charge is 0.427 e. The van der Waals surface area contributed by atoms with Crippen LogP contribution in [0.15, 0.2) is 41.9 Å². The number of methoxy groups -OCH3 is 1. The fraction of sp³-hybridized carbons (Fsp3) is 0.625. The standard InChI is InChI=1S/C48H63F3N6O9S2/c1-10-27-14-12-13-15-29-23-47(29,42(60)56-68(62,63)46(8)18-19-46)55-38(58)35-22-31(25-57(35)41(59)37(28(11-2)20-27)54-43(61)66-45(6,7)48(49,50)51)65-39-32-17-16-30(64-9)21-33(32)34(24-52-39)40-53-36(26-67-40)44(3,4)5/h13,15-17,21,24,26-29,31,35,37H,10-12,14,18-20,22-23,25H2,1-9H3,(H,54,61)(H,55,58)(H,56,60)/b15-13-/t27-,28-,29+,31-,35+,37+,47-/m1/s1. The summed E-state index contributed by atoms with van der Waals surface area (Å²) in [5, 5.41) is 9.34. The minimum Gasteiger partial charge on any atom is -0.497 e. The Hall–Kier alpha value is -4.98. The van der Waals surface area contributed by atoms with Crippen molar-refractivity contribution < 1.29 is 55.0 Å². The zero-order chi connectivity index (χ0) is 49.8. The third-order valence-corrected chi connectivity index (χ3v) is 17.2. The van der Waals surface area contributed by atoms with E-state index < -0.39 is 85.9 Å². The van der Waals surface area contributed by atoms with E-state index in [9.17, 15) is 36.0 Å². The molecule has 2 aromatic heterocycles. The Morgan fingerprint density at radius 2 is 1.76 bits per heavy atom. The molecule has 0 spiro atoms. The normalized spacial score (nSPS) is 27.1. The molecule has 372 valence electrons. The number of benzene rings is 1. The number of sulfonamides is 1. The van der Waals surface area contributed by atoms with Gasteiger partial charge in [-0.2, -0.15) is 13.2 Å². The lowest BCUT2D eigenvalue weighted by atomic mass is 9.83. The number of halogens is 3. The monoisotopic (exact) mass is 988 g/mol. The molecule has 7 atom stereocenters. The van der Waals surface area contributed by atoms with Gasteiger partial charge in [0.1, 0.15) is 34.5 Å². The first-order valence-corrected chi connectivity index (χ1v) is 25.6. The molecule has 1 aromatic carbocycles. The number of alkyl carbamates (subject to hydrolysis) is 1. The molecular formula is C48H63F3N6O9S2. The SMILES string of the molecule is CC[C@@H]1CC/C=C\[C@H]2C[C@@]2(C(=O)NS(=O)(=O)C2(C)CC2)NC(=O)[C@@H]2C[C@@H](Oc3ncc(-c4nc(C(C)(C)C)cs4)c4cc(OC)ccc34)CN2C(=O)[C@@H](NC(=O)OC(C)(C)C(F)(F)F)[C@H](CC)C1. The largest absolute Gasteiger partial charge is 0.497 e. The number of nitrogens with zero attached hydrogens (tertiary/aromatic N) is 3. The number of nitrogens with one attached hydrogen (secondary N) is 3. The Balaban J connectivity index is 1.28. The molecule has 3 N–H and O–H groups in total. The molecule has 0 unspecified atom stereocenters. The molecule has 2 aliphatic heterocycles. The number of carbonyl (C=O) groups is 4. The second-order valence-electron chi connectivity index (χ2n) is 20.5. The number of allylic oxidation sites excluding steroid dienone is 1. The zero-order valence-corrected chi connectivity index (χ0v) is 41.7. The quantitative estimate of drug-likeness (QED) is 0.157. The molecule has 1 saturated heterocycles. The van der Waals surface area contributed by atoms with Crippen molar-refractivity contribution in [1.82, 2.24) is 30.2 Å². The van der Waals surface area contributed by atoms with Crippen LogP contribution in [0.3, 0.4) is 0 Å². The maximum absolute atomic E-state index is 15.2. The highest BCUT2D eigenvalue weighted by molar-refractivity contribution is 7.91. The number of thiazole rings is 1. The van der Waals surface area contributed by atoms with E-state index in [1.165, 1.54) is 16.2 Å². The van der Waals surface area contributed by atoms with Crippen molar-refractivity contribution in [3.8, 4) is 22.2 Å². The second kappa shape index (κ2) is 18.7. The lowest BCUT2D eigenvalue weighted by Gasteiger charge is -2.35. The number of ether oxygens (including phenoxy) is 3. The molecular weight excluding hydrogens is 926 g/mol. The van der Waals surface area contributed by atoms with E-state index in [1.54, 1.807) is 32.4 Å². The van der Waals surface area contributed by atoms with Gasteiger partial charge in [0.15, 0.2) is 0 Å². The van der Waals surface area contributed by atoms with E-state index in [1.807, 2.05) is 37.4 Å². The minimum atomic E-state index is -4.93. The Kier molecular flexibility index (Phi) is 14.0. The molecule has 3 aromatic rings. The predicted octanol–water partition coefficient (Wildman–Crippen LogP) is 8.11. The number of hydrogen-bond acceptors (Lipinski definition) is 12. The molecule has 2 aliphatic carbocycles. The fourth-order valence-electron chi connectivity index (χ4n) is 8.98. The molecule has 15 nitrogen and oxygen atoms in total. The van der Waals surface area contributed by atoms with Crippen LogP contribution in [0.4, 0.5) is 18.0 Å². The number of carbonyl (C=O) groups excluding carboxylic acids is 4. The van der Waals surface area contributed by atoms with Gasteiger partial charge >= 0.3 is 12.3 Å². The number of alkyl halides is 3. The van der Waals surface area contributed by atoms with E-state index in [2.05, 4.69) is 36.1 Å². The second-order valence-corrected chi connectivity index (χ2v) is 23.6. The van der Waals surface area contributed by atoms with Crippen molar-refractivity contribution in [1.29, 1.82) is 0 Å². The topological polar surface area (TPSA) is 195 Å². The molecule has 3 fully saturated rings. The Labute approximate surface area is 399 Å². The third kappa shape index (κ3) is 10.3. The summed E-state index contributed by atoms with van der Waals surface area (Å²) in [4.78, 5) is 68.6. The summed E-state index contributed by atoms with van der Waals surface area (Å²) in [6.07, 6.45) is 1.32. The number of fused-ring (bicyclic) bond motifs is 3. The van der Waals surface area contributed by atoms with Gasteiger partial charge in [0, 0.05) is 45.7 Å². The van der Waals surface area contributed by atoms with Gasteiger partial charge in [-0.25, -0.2) is 23.2 Å². The summed E-state index contributed by atoms with van der Waals surface area (Å²) in [7, 11) is -2.56. The summed E-state index contributed by atoms with van der Waals surface area (Å²) in [5.41, 5.74) is -3.16. The first-order valence-electron chi connectivity index (χ1n) is 23.3. The van der Waals surface area contributed by atoms with Crippen LogP contribution in [0.1, 0.15) is 119 Å². The van der Waals surface area contributed by atoms with Gasteiger partial charge in [-0.1, -0.05) is 59.6 Å². The van der Waals surface area contributed by atoms with E-state index in [0.29, 0.717) is 75.3 Å². The van der Waals surface area contributed by atoms with Gasteiger partial charge in [-0.05, 0) is 89.3 Å². The highest BCUT2D eigenvalue weighted by atomic mass is 32.2. The van der Waals surface area contributed by atoms with Crippen molar-refractivity contribution in [2.24, 2.45) is 17.8 Å². The number of pyridine rings is 1. The summed E-state index contributed by atoms with van der Waals surface area (Å²) < 4.78 is 86.9. The van der Waals surface area contributed by atoms with Crippen LogP contribution in [0, 0.1) is 17.8 Å². The molecule has 4 heterocycles. The lowest BCUT2D eigenvalue weighted by molar-refractivity contribution is -0.244. The van der Waals surface area contributed by atoms with Crippen molar-refractivity contribution in [3.05, 3.63) is 47.6 Å².